The normalized spacial score (nSPS) is 10.5. The second-order valence-electron chi connectivity index (χ2n) is 5.40. The molecule has 0 saturated carbocycles. The first-order valence-corrected chi connectivity index (χ1v) is 9.74. The Labute approximate surface area is 175 Å². The van der Waals surface area contributed by atoms with Gasteiger partial charge in [-0.3, -0.25) is 4.79 Å². The van der Waals surface area contributed by atoms with Gasteiger partial charge in [-0.2, -0.15) is 0 Å². The van der Waals surface area contributed by atoms with Crippen LogP contribution in [0, 0.1) is 0 Å². The van der Waals surface area contributed by atoms with Crippen molar-refractivity contribution in [2.24, 2.45) is 0 Å². The van der Waals surface area contributed by atoms with Gasteiger partial charge >= 0.3 is 0 Å². The van der Waals surface area contributed by atoms with E-state index in [2.05, 4.69) is 15.5 Å². The van der Waals surface area contributed by atoms with Gasteiger partial charge in [0.15, 0.2) is 6.61 Å². The van der Waals surface area contributed by atoms with Gasteiger partial charge in [-0.25, -0.2) is 0 Å². The Kier molecular flexibility index (Phi) is 7.02. The molecule has 2 aromatic carbocycles. The number of methoxy groups -OCH3 is 1. The summed E-state index contributed by atoms with van der Waals surface area (Å²) in [5.74, 6) is 1.46. The Bertz CT molecular complexity index is 968. The number of thioether (sulfide) groups is 1. The summed E-state index contributed by atoms with van der Waals surface area (Å²) in [5.41, 5.74) is 0.554. The molecular formula is C18H15Cl2N3O4S. The first kappa shape index (κ1) is 20.3. The second-order valence-corrected chi connectivity index (χ2v) is 7.14. The van der Waals surface area contributed by atoms with Crippen LogP contribution >= 0.6 is 35.0 Å². The molecule has 1 N–H and O–H groups in total. The molecule has 0 bridgehead atoms. The molecule has 1 aromatic heterocycles. The number of nitrogens with one attached hydrogen (secondary N) is 1. The van der Waals surface area contributed by atoms with Crippen LogP contribution in [-0.2, 0) is 11.4 Å². The van der Waals surface area contributed by atoms with E-state index in [0.29, 0.717) is 33.1 Å². The number of halogens is 2. The zero-order valence-electron chi connectivity index (χ0n) is 14.6. The minimum Gasteiger partial charge on any atom is -0.497 e. The highest BCUT2D eigenvalue weighted by Gasteiger charge is 2.11. The number of hydrogen-bond donors (Lipinski definition) is 1. The molecule has 3 aromatic rings. The lowest BCUT2D eigenvalue weighted by molar-refractivity contribution is -0.113. The zero-order chi connectivity index (χ0) is 19.9. The Morgan fingerprint density at radius 1 is 1.14 bits per heavy atom. The van der Waals surface area contributed by atoms with Crippen LogP contribution in [0.5, 0.6) is 11.5 Å². The minimum atomic E-state index is -0.240. The summed E-state index contributed by atoms with van der Waals surface area (Å²) in [6, 6.07) is 12.0. The Balaban J connectivity index is 1.47. The number of benzene rings is 2. The summed E-state index contributed by atoms with van der Waals surface area (Å²) in [5, 5.41) is 11.6. The van der Waals surface area contributed by atoms with Crippen molar-refractivity contribution >= 4 is 46.6 Å². The van der Waals surface area contributed by atoms with E-state index in [1.165, 1.54) is 0 Å². The minimum absolute atomic E-state index is 0.0959. The highest BCUT2D eigenvalue weighted by molar-refractivity contribution is 7.99. The van der Waals surface area contributed by atoms with Gasteiger partial charge in [0.2, 0.25) is 5.91 Å². The highest BCUT2D eigenvalue weighted by Crippen LogP contribution is 2.25. The summed E-state index contributed by atoms with van der Waals surface area (Å²) in [6.07, 6.45) is 0. The maximum absolute atomic E-state index is 12.0. The van der Waals surface area contributed by atoms with E-state index in [1.54, 1.807) is 37.4 Å². The molecule has 0 atom stereocenters. The van der Waals surface area contributed by atoms with Crippen LogP contribution in [0.2, 0.25) is 10.0 Å². The summed E-state index contributed by atoms with van der Waals surface area (Å²) in [6.45, 7) is 0.107. The summed E-state index contributed by atoms with van der Waals surface area (Å²) in [7, 11) is 1.58. The average molecular weight is 440 g/mol. The maximum Gasteiger partial charge on any atom is 0.277 e. The van der Waals surface area contributed by atoms with Gasteiger partial charge < -0.3 is 19.2 Å². The molecule has 0 spiro atoms. The number of aromatic nitrogens is 2. The van der Waals surface area contributed by atoms with E-state index in [9.17, 15) is 4.79 Å². The fourth-order valence-electron chi connectivity index (χ4n) is 2.09. The topological polar surface area (TPSA) is 86.5 Å². The van der Waals surface area contributed by atoms with Crippen molar-refractivity contribution < 1.29 is 18.7 Å². The second kappa shape index (κ2) is 9.68. The first-order valence-electron chi connectivity index (χ1n) is 8.00. The molecule has 0 fully saturated rings. The van der Waals surface area contributed by atoms with Gasteiger partial charge in [0, 0.05) is 11.8 Å². The third kappa shape index (κ3) is 5.79. The Hall–Kier alpha value is -2.42. The smallest absolute Gasteiger partial charge is 0.277 e. The molecule has 1 amide bonds. The zero-order valence-corrected chi connectivity index (χ0v) is 17.0. The van der Waals surface area contributed by atoms with E-state index in [1.807, 2.05) is 12.1 Å². The van der Waals surface area contributed by atoms with Crippen LogP contribution < -0.4 is 14.8 Å². The molecule has 10 heteroatoms. The molecule has 7 nitrogen and oxygen atoms in total. The summed E-state index contributed by atoms with van der Waals surface area (Å²) in [4.78, 5) is 12.0. The fourth-order valence-corrected chi connectivity index (χ4v) is 2.97. The van der Waals surface area contributed by atoms with Gasteiger partial charge in [-0.1, -0.05) is 41.0 Å². The van der Waals surface area contributed by atoms with E-state index in [-0.39, 0.29) is 23.5 Å². The fraction of sp³-hybridized carbons (Fsp3) is 0.167. The van der Waals surface area contributed by atoms with Crippen LogP contribution in [0.4, 0.5) is 5.69 Å². The van der Waals surface area contributed by atoms with Crippen molar-refractivity contribution in [3.63, 3.8) is 0 Å². The number of nitrogens with zero attached hydrogens (tertiary/aromatic N) is 2. The van der Waals surface area contributed by atoms with Gasteiger partial charge in [-0.05, 0) is 30.3 Å². The van der Waals surface area contributed by atoms with Crippen molar-refractivity contribution in [1.29, 1.82) is 0 Å². The molecule has 146 valence electrons. The maximum atomic E-state index is 12.0. The number of rotatable bonds is 8. The summed E-state index contributed by atoms with van der Waals surface area (Å²) >= 11 is 12.9. The molecule has 0 saturated heterocycles. The highest BCUT2D eigenvalue weighted by atomic mass is 35.5. The molecule has 0 aliphatic rings. The quantitative estimate of drug-likeness (QED) is 0.509. The number of anilines is 1. The lowest BCUT2D eigenvalue weighted by atomic mass is 10.3. The molecule has 3 rings (SSSR count). The van der Waals surface area contributed by atoms with Gasteiger partial charge in [0.25, 0.3) is 11.1 Å². The predicted octanol–water partition coefficient (Wildman–Crippen LogP) is 4.69. The lowest BCUT2D eigenvalue weighted by Crippen LogP contribution is -2.13. The van der Waals surface area contributed by atoms with E-state index in [0.717, 1.165) is 11.8 Å². The molecular weight excluding hydrogens is 425 g/mol. The van der Waals surface area contributed by atoms with E-state index < -0.39 is 0 Å². The predicted molar refractivity (Wildman–Crippen MR) is 107 cm³/mol. The van der Waals surface area contributed by atoms with Gasteiger partial charge in [0.1, 0.15) is 11.5 Å². The average Bonchev–Trinajstić information content (AvgIpc) is 3.16. The van der Waals surface area contributed by atoms with Crippen LogP contribution in [0.3, 0.4) is 0 Å². The van der Waals surface area contributed by atoms with Gasteiger partial charge in [-0.15, -0.1) is 10.2 Å². The third-order valence-corrected chi connectivity index (χ3v) is 4.94. The monoisotopic (exact) mass is 439 g/mol. The van der Waals surface area contributed by atoms with Crippen molar-refractivity contribution in [2.75, 3.05) is 18.2 Å². The lowest BCUT2D eigenvalue weighted by Gasteiger charge is -2.05. The van der Waals surface area contributed by atoms with Crippen molar-refractivity contribution in [1.82, 2.24) is 10.2 Å². The van der Waals surface area contributed by atoms with E-state index >= 15 is 0 Å². The largest absolute Gasteiger partial charge is 0.497 e. The number of carbonyl (C=O) groups is 1. The van der Waals surface area contributed by atoms with Crippen LogP contribution in [0.25, 0.3) is 0 Å². The molecule has 0 radical (unpaired) electrons. The number of amides is 1. The Morgan fingerprint density at radius 3 is 2.75 bits per heavy atom. The van der Waals surface area contributed by atoms with Crippen LogP contribution in [0.15, 0.2) is 52.1 Å². The van der Waals surface area contributed by atoms with Crippen molar-refractivity contribution in [3.8, 4) is 11.5 Å². The first-order chi connectivity index (χ1) is 13.5. The van der Waals surface area contributed by atoms with Crippen LogP contribution in [-0.4, -0.2) is 29.0 Å². The van der Waals surface area contributed by atoms with Crippen molar-refractivity contribution in [2.45, 2.75) is 11.8 Å². The Morgan fingerprint density at radius 2 is 1.96 bits per heavy atom. The number of carbonyl (C=O) groups excluding carboxylic acids is 1. The molecule has 0 aliphatic heterocycles. The number of hydrogen-bond acceptors (Lipinski definition) is 7. The SMILES string of the molecule is COc1cccc(OCc2nnc(SCC(=O)Nc3ccc(Cl)c(Cl)c3)o2)c1. The van der Waals surface area contributed by atoms with E-state index in [4.69, 9.17) is 37.1 Å². The molecule has 28 heavy (non-hydrogen) atoms. The number of ether oxygens (including phenoxy) is 2. The molecule has 0 unspecified atom stereocenters. The third-order valence-electron chi connectivity index (χ3n) is 3.38. The van der Waals surface area contributed by atoms with Gasteiger partial charge in [0.05, 0.1) is 22.9 Å². The summed E-state index contributed by atoms with van der Waals surface area (Å²) < 4.78 is 16.2. The standard InChI is InChI=1S/C18H15Cl2N3O4S/c1-25-12-3-2-4-13(8-12)26-9-17-22-23-18(27-17)28-10-16(24)21-11-5-6-14(19)15(20)7-11/h2-8H,9-10H2,1H3,(H,21,24). The molecule has 0 aliphatic carbocycles. The molecule has 1 heterocycles. The van der Waals surface area contributed by atoms with Crippen LogP contribution in [0.1, 0.15) is 5.89 Å². The van der Waals surface area contributed by atoms with Crippen molar-refractivity contribution in [3.05, 3.63) is 58.4 Å².